The second-order valence-corrected chi connectivity index (χ2v) is 5.59. The molecule has 2 aromatic carbocycles. The molecule has 3 rings (SSSR count). The highest BCUT2D eigenvalue weighted by molar-refractivity contribution is 6.08. The van der Waals surface area contributed by atoms with Crippen molar-refractivity contribution in [3.05, 3.63) is 65.5 Å². The Hall–Kier alpha value is -2.37. The Balaban J connectivity index is 2.19. The standard InChI is InChI=1S/C17H13F4NO/c1-22-14-5-3-2-4-13(14)16(15(22)23,17(19,20)21)10-11-6-8-12(18)9-7-11/h2-9H,10H2,1H3. The van der Waals surface area contributed by atoms with Gasteiger partial charge in [-0.25, -0.2) is 4.39 Å². The first kappa shape index (κ1) is 15.5. The van der Waals surface area contributed by atoms with Crippen LogP contribution in [0.2, 0.25) is 0 Å². The van der Waals surface area contributed by atoms with Crippen LogP contribution in [0.15, 0.2) is 48.5 Å². The molecular formula is C17H13F4NO. The lowest BCUT2D eigenvalue weighted by Gasteiger charge is -2.30. The molecule has 2 nitrogen and oxygen atoms in total. The number of alkyl halides is 3. The van der Waals surface area contributed by atoms with Crippen LogP contribution in [0.25, 0.3) is 0 Å². The molecule has 0 spiro atoms. The lowest BCUT2D eigenvalue weighted by molar-refractivity contribution is -0.191. The molecule has 6 heteroatoms. The summed E-state index contributed by atoms with van der Waals surface area (Å²) in [5.74, 6) is -1.55. The maximum Gasteiger partial charge on any atom is 0.407 e. The largest absolute Gasteiger partial charge is 0.407 e. The molecule has 0 aliphatic carbocycles. The number of carbonyl (C=O) groups is 1. The average molecular weight is 323 g/mol. The fourth-order valence-electron chi connectivity index (χ4n) is 3.09. The fourth-order valence-corrected chi connectivity index (χ4v) is 3.09. The van der Waals surface area contributed by atoms with Crippen molar-refractivity contribution in [2.45, 2.75) is 18.0 Å². The molecule has 1 atom stereocenters. The molecule has 23 heavy (non-hydrogen) atoms. The first-order valence-corrected chi connectivity index (χ1v) is 6.96. The van der Waals surface area contributed by atoms with Crippen LogP contribution >= 0.6 is 0 Å². The number of hydrogen-bond donors (Lipinski definition) is 0. The van der Waals surface area contributed by atoms with Gasteiger partial charge >= 0.3 is 6.18 Å². The lowest BCUT2D eigenvalue weighted by Crippen LogP contribution is -2.51. The minimum Gasteiger partial charge on any atom is -0.314 e. The van der Waals surface area contributed by atoms with Crippen molar-refractivity contribution in [1.82, 2.24) is 0 Å². The first-order valence-electron chi connectivity index (χ1n) is 6.96. The van der Waals surface area contributed by atoms with Gasteiger partial charge in [-0.2, -0.15) is 13.2 Å². The van der Waals surface area contributed by atoms with Crippen LogP contribution in [-0.2, 0) is 16.6 Å². The molecule has 120 valence electrons. The predicted octanol–water partition coefficient (Wildman–Crippen LogP) is 3.84. The van der Waals surface area contributed by atoms with Crippen molar-refractivity contribution in [1.29, 1.82) is 0 Å². The van der Waals surface area contributed by atoms with Crippen LogP contribution in [-0.4, -0.2) is 19.1 Å². The Morgan fingerprint density at radius 2 is 1.65 bits per heavy atom. The van der Waals surface area contributed by atoms with Crippen LogP contribution in [0.1, 0.15) is 11.1 Å². The number of amides is 1. The molecule has 0 N–H and O–H groups in total. The number of halogens is 4. The van der Waals surface area contributed by atoms with E-state index in [9.17, 15) is 22.4 Å². The van der Waals surface area contributed by atoms with Gasteiger partial charge in [0.1, 0.15) is 5.82 Å². The van der Waals surface area contributed by atoms with Gasteiger partial charge in [-0.1, -0.05) is 30.3 Å². The molecule has 0 aromatic heterocycles. The number of likely N-dealkylation sites (N-methyl/N-ethyl adjacent to an activating group) is 1. The minimum absolute atomic E-state index is 0.0654. The summed E-state index contributed by atoms with van der Waals surface area (Å²) in [6.07, 6.45) is -5.32. The van der Waals surface area contributed by atoms with Crippen LogP contribution in [0, 0.1) is 5.82 Å². The summed E-state index contributed by atoms with van der Waals surface area (Å²) in [4.78, 5) is 13.6. The monoisotopic (exact) mass is 323 g/mol. The molecular weight excluding hydrogens is 310 g/mol. The van der Waals surface area contributed by atoms with Crippen molar-refractivity contribution in [3.8, 4) is 0 Å². The molecule has 1 amide bonds. The summed E-state index contributed by atoms with van der Waals surface area (Å²) in [6.45, 7) is 0. The number of carbonyl (C=O) groups excluding carboxylic acids is 1. The molecule has 0 saturated heterocycles. The van der Waals surface area contributed by atoms with E-state index in [4.69, 9.17) is 0 Å². The zero-order valence-corrected chi connectivity index (χ0v) is 12.2. The Morgan fingerprint density at radius 3 is 2.26 bits per heavy atom. The molecule has 1 aliphatic heterocycles. The molecule has 1 aliphatic rings. The summed E-state index contributed by atoms with van der Waals surface area (Å²) in [6, 6.07) is 10.6. The van der Waals surface area contributed by atoms with E-state index in [1.165, 1.54) is 37.4 Å². The zero-order valence-electron chi connectivity index (χ0n) is 12.2. The van der Waals surface area contributed by atoms with E-state index in [0.29, 0.717) is 0 Å². The van der Waals surface area contributed by atoms with Gasteiger partial charge in [-0.05, 0) is 30.2 Å². The van der Waals surface area contributed by atoms with Crippen molar-refractivity contribution < 1.29 is 22.4 Å². The molecule has 0 fully saturated rings. The number of rotatable bonds is 2. The molecule has 0 saturated carbocycles. The lowest BCUT2D eigenvalue weighted by atomic mass is 9.75. The van der Waals surface area contributed by atoms with E-state index >= 15 is 0 Å². The van der Waals surface area contributed by atoms with Gasteiger partial charge in [0.25, 0.3) is 0 Å². The maximum atomic E-state index is 14.0. The predicted molar refractivity (Wildman–Crippen MR) is 77.7 cm³/mol. The highest BCUT2D eigenvalue weighted by Crippen LogP contribution is 2.52. The Morgan fingerprint density at radius 1 is 1.04 bits per heavy atom. The number of anilines is 1. The highest BCUT2D eigenvalue weighted by atomic mass is 19.4. The van der Waals surface area contributed by atoms with E-state index in [-0.39, 0.29) is 16.8 Å². The van der Waals surface area contributed by atoms with Crippen molar-refractivity contribution >= 4 is 11.6 Å². The number of nitrogens with zero attached hydrogens (tertiary/aromatic N) is 1. The van der Waals surface area contributed by atoms with Crippen LogP contribution in [0.3, 0.4) is 0 Å². The van der Waals surface area contributed by atoms with Gasteiger partial charge < -0.3 is 4.90 Å². The summed E-state index contributed by atoms with van der Waals surface area (Å²) in [5.41, 5.74) is -2.21. The Bertz CT molecular complexity index is 754. The van der Waals surface area contributed by atoms with E-state index in [1.807, 2.05) is 0 Å². The van der Waals surface area contributed by atoms with Crippen LogP contribution in [0.4, 0.5) is 23.2 Å². The van der Waals surface area contributed by atoms with E-state index in [0.717, 1.165) is 17.0 Å². The third kappa shape index (κ3) is 2.20. The molecule has 1 heterocycles. The van der Waals surface area contributed by atoms with Crippen LogP contribution in [0.5, 0.6) is 0 Å². The average Bonchev–Trinajstić information content (AvgIpc) is 2.72. The second kappa shape index (κ2) is 5.08. The van der Waals surface area contributed by atoms with E-state index in [1.54, 1.807) is 6.07 Å². The summed E-state index contributed by atoms with van der Waals surface area (Å²) >= 11 is 0. The van der Waals surface area contributed by atoms with Gasteiger partial charge in [0.2, 0.25) is 5.91 Å². The van der Waals surface area contributed by atoms with Gasteiger partial charge in [0.15, 0.2) is 5.41 Å². The van der Waals surface area contributed by atoms with Crippen molar-refractivity contribution in [2.75, 3.05) is 11.9 Å². The van der Waals surface area contributed by atoms with Gasteiger partial charge in [0.05, 0.1) is 0 Å². The molecule has 1 unspecified atom stereocenters. The number of hydrogen-bond acceptors (Lipinski definition) is 1. The smallest absolute Gasteiger partial charge is 0.314 e. The van der Waals surface area contributed by atoms with Crippen molar-refractivity contribution in [2.24, 2.45) is 0 Å². The van der Waals surface area contributed by atoms with E-state index < -0.39 is 29.7 Å². The van der Waals surface area contributed by atoms with E-state index in [2.05, 4.69) is 0 Å². The number of fused-ring (bicyclic) bond motifs is 1. The SMILES string of the molecule is CN1C(=O)C(Cc2ccc(F)cc2)(C(F)(F)F)c2ccccc21. The van der Waals surface area contributed by atoms with Crippen LogP contribution < -0.4 is 4.90 Å². The van der Waals surface area contributed by atoms with Gasteiger partial charge in [-0.3, -0.25) is 4.79 Å². The second-order valence-electron chi connectivity index (χ2n) is 5.59. The molecule has 0 radical (unpaired) electrons. The summed E-state index contributed by atoms with van der Waals surface area (Å²) < 4.78 is 54.9. The van der Waals surface area contributed by atoms with Gasteiger partial charge in [-0.15, -0.1) is 0 Å². The summed E-state index contributed by atoms with van der Waals surface area (Å²) in [7, 11) is 1.33. The summed E-state index contributed by atoms with van der Waals surface area (Å²) in [5, 5.41) is 0. The van der Waals surface area contributed by atoms with Gasteiger partial charge in [0, 0.05) is 18.3 Å². The first-order chi connectivity index (χ1) is 10.8. The minimum atomic E-state index is -4.76. The fraction of sp³-hybridized carbons (Fsp3) is 0.235. The zero-order chi connectivity index (χ0) is 16.8. The topological polar surface area (TPSA) is 20.3 Å². The third-order valence-electron chi connectivity index (χ3n) is 4.26. The Kier molecular flexibility index (Phi) is 3.43. The number of para-hydroxylation sites is 1. The normalized spacial score (nSPS) is 20.7. The quantitative estimate of drug-likeness (QED) is 0.769. The molecule has 0 bridgehead atoms. The number of benzene rings is 2. The maximum absolute atomic E-state index is 14.0. The van der Waals surface area contributed by atoms with Crippen molar-refractivity contribution in [3.63, 3.8) is 0 Å². The molecule has 2 aromatic rings. The third-order valence-corrected chi connectivity index (χ3v) is 4.26. The highest BCUT2D eigenvalue weighted by Gasteiger charge is 2.66. The Labute approximate surface area is 130 Å².